The Morgan fingerprint density at radius 1 is 1.06 bits per heavy atom. The predicted octanol–water partition coefficient (Wildman–Crippen LogP) is 5.61. The molecule has 0 aliphatic carbocycles. The number of nitrogens with zero attached hydrogens (tertiary/aromatic N) is 1. The van der Waals surface area contributed by atoms with Crippen molar-refractivity contribution < 1.29 is 14.3 Å². The summed E-state index contributed by atoms with van der Waals surface area (Å²) in [6.45, 7) is 2.02. The van der Waals surface area contributed by atoms with Crippen LogP contribution in [0.25, 0.3) is 0 Å². The van der Waals surface area contributed by atoms with Crippen molar-refractivity contribution in [2.45, 2.75) is 24.6 Å². The smallest absolute Gasteiger partial charge is 0.238 e. The average Bonchev–Trinajstić information content (AvgIpc) is 3.22. The molecule has 0 aromatic heterocycles. The summed E-state index contributed by atoms with van der Waals surface area (Å²) >= 11 is 1.60. The van der Waals surface area contributed by atoms with Gasteiger partial charge in [-0.25, -0.2) is 0 Å². The molecule has 32 heavy (non-hydrogen) atoms. The van der Waals surface area contributed by atoms with E-state index in [0.29, 0.717) is 5.75 Å². The molecule has 1 saturated heterocycles. The fourth-order valence-electron chi connectivity index (χ4n) is 3.91. The van der Waals surface area contributed by atoms with E-state index in [9.17, 15) is 9.59 Å². The van der Waals surface area contributed by atoms with Crippen molar-refractivity contribution >= 4 is 35.0 Å². The molecule has 0 radical (unpaired) electrons. The normalized spacial score (nSPS) is 16.6. The molecule has 0 unspecified atom stereocenters. The molecule has 2 amide bonds. The zero-order valence-electron chi connectivity index (χ0n) is 18.2. The summed E-state index contributed by atoms with van der Waals surface area (Å²) in [7, 11) is 1.62. The van der Waals surface area contributed by atoms with Crippen LogP contribution in [0, 0.1) is 0 Å². The van der Waals surface area contributed by atoms with Crippen LogP contribution in [-0.4, -0.2) is 24.7 Å². The zero-order chi connectivity index (χ0) is 22.5. The van der Waals surface area contributed by atoms with Gasteiger partial charge in [0, 0.05) is 11.4 Å². The lowest BCUT2D eigenvalue weighted by atomic mass is 9.95. The topological polar surface area (TPSA) is 58.6 Å². The lowest BCUT2D eigenvalue weighted by Crippen LogP contribution is -2.27. The van der Waals surface area contributed by atoms with Gasteiger partial charge in [0.1, 0.15) is 11.1 Å². The molecule has 6 heteroatoms. The minimum absolute atomic E-state index is 0.0169. The van der Waals surface area contributed by atoms with Crippen LogP contribution in [0.3, 0.4) is 0 Å². The highest BCUT2D eigenvalue weighted by Gasteiger charge is 2.34. The van der Waals surface area contributed by atoms with Crippen LogP contribution in [-0.2, 0) is 9.59 Å². The lowest BCUT2D eigenvalue weighted by Gasteiger charge is -2.24. The first-order valence-corrected chi connectivity index (χ1v) is 11.7. The van der Waals surface area contributed by atoms with Gasteiger partial charge in [-0.15, -0.1) is 11.8 Å². The number of anilines is 2. The van der Waals surface area contributed by atoms with E-state index in [1.807, 2.05) is 90.7 Å². The molecule has 2 atom stereocenters. The summed E-state index contributed by atoms with van der Waals surface area (Å²) in [4.78, 5) is 27.2. The number of rotatable bonds is 7. The van der Waals surface area contributed by atoms with Crippen molar-refractivity contribution in [3.63, 3.8) is 0 Å². The summed E-state index contributed by atoms with van der Waals surface area (Å²) in [5.74, 6) is 1.06. The molecule has 4 rings (SSSR count). The van der Waals surface area contributed by atoms with Crippen LogP contribution in [0.1, 0.15) is 35.8 Å². The first-order chi connectivity index (χ1) is 15.6. The third-order valence-corrected chi connectivity index (χ3v) is 6.82. The zero-order valence-corrected chi connectivity index (χ0v) is 19.0. The predicted molar refractivity (Wildman–Crippen MR) is 130 cm³/mol. The summed E-state index contributed by atoms with van der Waals surface area (Å²) in [5.41, 5.74) is 3.63. The standard InChI is InChI=1S/C26H26N2O3S/c1-3-23(18-7-5-4-6-8-18)25(30)27-20-11-9-19(10-12-20)26-28(24(29)17-32-26)21-13-15-22(31-2)16-14-21/h4-16,23,26H,3,17H2,1-2H3,(H,27,30)/t23-,26-/m0/s1. The monoisotopic (exact) mass is 446 g/mol. The number of ether oxygens (including phenoxy) is 1. The Morgan fingerprint density at radius 3 is 2.38 bits per heavy atom. The van der Waals surface area contributed by atoms with Gasteiger partial charge >= 0.3 is 0 Å². The van der Waals surface area contributed by atoms with Gasteiger partial charge in [0.15, 0.2) is 0 Å². The second kappa shape index (κ2) is 9.92. The van der Waals surface area contributed by atoms with Crippen molar-refractivity contribution in [1.82, 2.24) is 0 Å². The first-order valence-electron chi connectivity index (χ1n) is 10.6. The summed E-state index contributed by atoms with van der Waals surface area (Å²) in [5, 5.41) is 2.93. The Balaban J connectivity index is 1.48. The van der Waals surface area contributed by atoms with Crippen molar-refractivity contribution in [3.8, 4) is 5.75 Å². The molecule has 0 bridgehead atoms. The van der Waals surface area contributed by atoms with Crippen LogP contribution in [0.15, 0.2) is 78.9 Å². The highest BCUT2D eigenvalue weighted by atomic mass is 32.2. The minimum Gasteiger partial charge on any atom is -0.497 e. The van der Waals surface area contributed by atoms with Crippen LogP contribution in [0.5, 0.6) is 5.75 Å². The molecular formula is C26H26N2O3S. The Labute approximate surface area is 192 Å². The molecule has 3 aromatic rings. The van der Waals surface area contributed by atoms with Gasteiger partial charge in [-0.2, -0.15) is 0 Å². The second-order valence-electron chi connectivity index (χ2n) is 7.61. The summed E-state index contributed by atoms with van der Waals surface area (Å²) in [6, 6.07) is 25.1. The highest BCUT2D eigenvalue weighted by molar-refractivity contribution is 8.00. The van der Waals surface area contributed by atoms with Crippen LogP contribution >= 0.6 is 11.8 Å². The summed E-state index contributed by atoms with van der Waals surface area (Å²) < 4.78 is 5.22. The van der Waals surface area contributed by atoms with Crippen molar-refractivity contribution in [1.29, 1.82) is 0 Å². The van der Waals surface area contributed by atoms with Crippen molar-refractivity contribution in [2.24, 2.45) is 0 Å². The van der Waals surface area contributed by atoms with E-state index in [1.54, 1.807) is 18.9 Å². The minimum atomic E-state index is -0.190. The molecule has 0 spiro atoms. The van der Waals surface area contributed by atoms with Crippen LogP contribution in [0.4, 0.5) is 11.4 Å². The summed E-state index contributed by atoms with van der Waals surface area (Å²) in [6.07, 6.45) is 0.728. The number of methoxy groups -OCH3 is 1. The molecule has 0 saturated carbocycles. The number of hydrogen-bond donors (Lipinski definition) is 1. The number of amides is 2. The Kier molecular flexibility index (Phi) is 6.81. The SMILES string of the molecule is CC[C@H](C(=O)Nc1ccc([C@@H]2SCC(=O)N2c2ccc(OC)cc2)cc1)c1ccccc1. The van der Waals surface area contributed by atoms with Crippen molar-refractivity contribution in [3.05, 3.63) is 90.0 Å². The lowest BCUT2D eigenvalue weighted by molar-refractivity contribution is -0.118. The van der Waals surface area contributed by atoms with E-state index in [2.05, 4.69) is 5.32 Å². The fraction of sp³-hybridized carbons (Fsp3) is 0.231. The number of carbonyl (C=O) groups excluding carboxylic acids is 2. The maximum Gasteiger partial charge on any atom is 0.238 e. The van der Waals surface area contributed by atoms with Gasteiger partial charge in [-0.3, -0.25) is 14.5 Å². The van der Waals surface area contributed by atoms with Crippen molar-refractivity contribution in [2.75, 3.05) is 23.1 Å². The maximum absolute atomic E-state index is 12.8. The quantitative estimate of drug-likeness (QED) is 0.513. The van der Waals surface area contributed by atoms with E-state index in [4.69, 9.17) is 4.74 Å². The number of carbonyl (C=O) groups is 2. The Bertz CT molecular complexity index is 1070. The highest BCUT2D eigenvalue weighted by Crippen LogP contribution is 2.42. The first kappa shape index (κ1) is 22.0. The van der Waals surface area contributed by atoms with E-state index < -0.39 is 0 Å². The number of hydrogen-bond acceptors (Lipinski definition) is 4. The van der Waals surface area contributed by atoms with E-state index in [-0.39, 0.29) is 23.1 Å². The largest absolute Gasteiger partial charge is 0.497 e. The third-order valence-electron chi connectivity index (χ3n) is 5.61. The molecule has 1 heterocycles. The third kappa shape index (κ3) is 4.65. The molecule has 5 nitrogen and oxygen atoms in total. The Morgan fingerprint density at radius 2 is 1.75 bits per heavy atom. The van der Waals surface area contributed by atoms with Gasteiger partial charge in [0.05, 0.1) is 18.8 Å². The molecule has 3 aromatic carbocycles. The molecule has 1 aliphatic rings. The van der Waals surface area contributed by atoms with Crippen LogP contribution < -0.4 is 15.0 Å². The molecule has 1 fully saturated rings. The number of thioether (sulfide) groups is 1. The maximum atomic E-state index is 12.8. The fourth-order valence-corrected chi connectivity index (χ4v) is 5.09. The van der Waals surface area contributed by atoms with E-state index >= 15 is 0 Å². The van der Waals surface area contributed by atoms with E-state index in [1.165, 1.54) is 0 Å². The number of benzene rings is 3. The Hall–Kier alpha value is -3.25. The molecule has 164 valence electrons. The average molecular weight is 447 g/mol. The number of nitrogens with one attached hydrogen (secondary N) is 1. The van der Waals surface area contributed by atoms with Gasteiger partial charge in [-0.1, -0.05) is 49.4 Å². The van der Waals surface area contributed by atoms with Crippen LogP contribution in [0.2, 0.25) is 0 Å². The molecular weight excluding hydrogens is 420 g/mol. The van der Waals surface area contributed by atoms with Gasteiger partial charge in [0.25, 0.3) is 0 Å². The van der Waals surface area contributed by atoms with Gasteiger partial charge in [-0.05, 0) is 53.9 Å². The van der Waals surface area contributed by atoms with E-state index in [0.717, 1.165) is 34.7 Å². The van der Waals surface area contributed by atoms with Gasteiger partial charge in [0.2, 0.25) is 11.8 Å². The second-order valence-corrected chi connectivity index (χ2v) is 8.68. The molecule has 1 aliphatic heterocycles. The molecule has 1 N–H and O–H groups in total. The van der Waals surface area contributed by atoms with Gasteiger partial charge < -0.3 is 10.1 Å².